The highest BCUT2D eigenvalue weighted by Gasteiger charge is 2.14. The number of fused-ring (bicyclic) bond motifs is 1. The van der Waals surface area contributed by atoms with E-state index in [4.69, 9.17) is 13.6 Å². The molecule has 0 saturated heterocycles. The van der Waals surface area contributed by atoms with E-state index in [1.807, 2.05) is 13.8 Å². The maximum atomic E-state index is 13.9. The summed E-state index contributed by atoms with van der Waals surface area (Å²) in [7, 11) is 5.30. The number of rotatable bonds is 6. The molecule has 0 aliphatic heterocycles. The van der Waals surface area contributed by atoms with Crippen LogP contribution in [0.2, 0.25) is 0 Å². The molecule has 0 aliphatic rings. The lowest BCUT2D eigenvalue weighted by molar-refractivity contribution is -0.117. The van der Waals surface area contributed by atoms with Crippen molar-refractivity contribution in [1.82, 2.24) is 10.3 Å². The molecule has 1 aromatic heterocycles. The Balaban J connectivity index is 2.04. The van der Waals surface area contributed by atoms with Crippen LogP contribution in [0.25, 0.3) is 10.9 Å². The fourth-order valence-electron chi connectivity index (χ4n) is 2.72. The average molecular weight is 337 g/mol. The number of amides is 1. The number of nitrogens with one attached hydrogen (secondary N) is 2. The molecule has 0 atom stereocenters. The summed E-state index contributed by atoms with van der Waals surface area (Å²) < 4.78 is 13.9. The largest absolute Gasteiger partial charge is 0.411 e. The van der Waals surface area contributed by atoms with Gasteiger partial charge in [-0.3, -0.25) is 4.79 Å². The zero-order valence-corrected chi connectivity index (χ0v) is 14.4. The summed E-state index contributed by atoms with van der Waals surface area (Å²) in [6, 6.07) is 3.22. The van der Waals surface area contributed by atoms with Crippen LogP contribution in [0, 0.1) is 19.7 Å². The zero-order chi connectivity index (χ0) is 18.6. The Hall–Kier alpha value is -2.76. The summed E-state index contributed by atoms with van der Waals surface area (Å²) in [5, 5.41) is 3.69. The molecule has 4 N–H and O–H groups in total. The van der Waals surface area contributed by atoms with Gasteiger partial charge in [-0.05, 0) is 43.1 Å². The van der Waals surface area contributed by atoms with Gasteiger partial charge in [-0.2, -0.15) is 0 Å². The maximum Gasteiger partial charge on any atom is 0.250 e. The Morgan fingerprint density at radius 3 is 2.84 bits per heavy atom. The van der Waals surface area contributed by atoms with E-state index in [0.29, 0.717) is 24.1 Å². The van der Waals surface area contributed by atoms with E-state index in [0.717, 1.165) is 22.2 Å². The molecular formula is C19H21BFN3O. The Morgan fingerprint density at radius 1 is 1.44 bits per heavy atom. The van der Waals surface area contributed by atoms with Crippen LogP contribution in [0.1, 0.15) is 16.8 Å². The number of halogens is 1. The highest BCUT2D eigenvalue weighted by atomic mass is 19.1. The number of carbonyl (C=O) groups is 1. The quantitative estimate of drug-likeness (QED) is 0.431. The monoisotopic (exact) mass is 337 g/mol. The fraction of sp³-hybridized carbons (Fsp3) is 0.211. The zero-order valence-electron chi connectivity index (χ0n) is 14.4. The fourth-order valence-corrected chi connectivity index (χ4v) is 2.72. The third kappa shape index (κ3) is 4.41. The molecule has 0 unspecified atom stereocenters. The van der Waals surface area contributed by atoms with Crippen LogP contribution < -0.4 is 11.1 Å². The average Bonchev–Trinajstić information content (AvgIpc) is 2.88. The van der Waals surface area contributed by atoms with Crippen molar-refractivity contribution in [3.63, 3.8) is 0 Å². The number of H-pyrrole nitrogens is 1. The molecule has 1 aromatic carbocycles. The molecule has 25 heavy (non-hydrogen) atoms. The van der Waals surface area contributed by atoms with Crippen molar-refractivity contribution in [2.45, 2.75) is 20.3 Å². The van der Waals surface area contributed by atoms with E-state index >= 15 is 0 Å². The van der Waals surface area contributed by atoms with Crippen LogP contribution in [0.5, 0.6) is 0 Å². The van der Waals surface area contributed by atoms with Gasteiger partial charge in [0.05, 0.1) is 5.52 Å². The van der Waals surface area contributed by atoms with Crippen LogP contribution >= 0.6 is 0 Å². The highest BCUT2D eigenvalue weighted by molar-refractivity contribution is 6.21. The predicted molar refractivity (Wildman–Crippen MR) is 101 cm³/mol. The highest BCUT2D eigenvalue weighted by Crippen LogP contribution is 2.27. The van der Waals surface area contributed by atoms with Gasteiger partial charge >= 0.3 is 0 Å². The van der Waals surface area contributed by atoms with Gasteiger partial charge < -0.3 is 16.0 Å². The normalized spacial score (nSPS) is 12.0. The minimum Gasteiger partial charge on any atom is -0.411 e. The van der Waals surface area contributed by atoms with E-state index in [-0.39, 0.29) is 17.3 Å². The Labute approximate surface area is 148 Å². The smallest absolute Gasteiger partial charge is 0.250 e. The van der Waals surface area contributed by atoms with E-state index < -0.39 is 0 Å². The molecule has 2 radical (unpaired) electrons. The number of aryl methyl sites for hydroxylation is 2. The van der Waals surface area contributed by atoms with Crippen LogP contribution in [-0.2, 0) is 11.2 Å². The van der Waals surface area contributed by atoms with E-state index in [2.05, 4.69) is 16.9 Å². The summed E-state index contributed by atoms with van der Waals surface area (Å²) in [6.45, 7) is 7.96. The predicted octanol–water partition coefficient (Wildman–Crippen LogP) is 2.66. The molecule has 0 spiro atoms. The van der Waals surface area contributed by atoms with E-state index in [9.17, 15) is 9.18 Å². The van der Waals surface area contributed by atoms with Gasteiger partial charge in [0.1, 0.15) is 13.7 Å². The molecule has 0 bridgehead atoms. The van der Waals surface area contributed by atoms with Crippen molar-refractivity contribution in [3.05, 3.63) is 70.7 Å². The van der Waals surface area contributed by atoms with Crippen molar-refractivity contribution in [1.29, 1.82) is 0 Å². The molecule has 0 saturated carbocycles. The summed E-state index contributed by atoms with van der Waals surface area (Å²) in [5.74, 6) is -0.551. The third-order valence-electron chi connectivity index (χ3n) is 3.97. The Bertz CT molecular complexity index is 876. The van der Waals surface area contributed by atoms with Crippen LogP contribution in [0.15, 0.2) is 48.1 Å². The van der Waals surface area contributed by atoms with Crippen molar-refractivity contribution in [2.24, 2.45) is 5.73 Å². The molecule has 128 valence electrons. The molecule has 4 nitrogen and oxygen atoms in total. The number of allylic oxidation sites excluding steroid dienone is 2. The first-order valence-electron chi connectivity index (χ1n) is 7.94. The lowest BCUT2D eigenvalue weighted by atomic mass is 10.0. The molecule has 0 fully saturated rings. The number of aromatic nitrogens is 1. The van der Waals surface area contributed by atoms with Crippen LogP contribution in [-0.4, -0.2) is 25.3 Å². The maximum absolute atomic E-state index is 13.9. The molecule has 0 aliphatic carbocycles. The van der Waals surface area contributed by atoms with Crippen molar-refractivity contribution in [3.8, 4) is 0 Å². The van der Waals surface area contributed by atoms with Crippen LogP contribution in [0.4, 0.5) is 4.39 Å². The van der Waals surface area contributed by atoms with Gasteiger partial charge in [-0.25, -0.2) is 4.39 Å². The summed E-state index contributed by atoms with van der Waals surface area (Å²) in [6.07, 6.45) is 5.16. The molecule has 6 heteroatoms. The summed E-state index contributed by atoms with van der Waals surface area (Å²) >= 11 is 0. The SMILES string of the molecule is [B]/C(N)=C/C=C\C(=C)C(=O)NCCc1c(C)[nH]c2c(F)ccc(C)c12. The van der Waals surface area contributed by atoms with Gasteiger partial charge in [-0.15, -0.1) is 0 Å². The first-order valence-corrected chi connectivity index (χ1v) is 7.94. The third-order valence-corrected chi connectivity index (χ3v) is 3.97. The molecule has 1 amide bonds. The Morgan fingerprint density at radius 2 is 2.16 bits per heavy atom. The van der Waals surface area contributed by atoms with Gasteiger partial charge in [0.25, 0.3) is 5.91 Å². The summed E-state index contributed by atoms with van der Waals surface area (Å²) in [4.78, 5) is 15.1. The van der Waals surface area contributed by atoms with Gasteiger partial charge in [0.15, 0.2) is 0 Å². The molecule has 2 aromatic rings. The van der Waals surface area contributed by atoms with E-state index in [1.54, 1.807) is 12.1 Å². The Kier molecular flexibility index (Phi) is 5.86. The lowest BCUT2D eigenvalue weighted by Crippen LogP contribution is -2.26. The lowest BCUT2D eigenvalue weighted by Gasteiger charge is -2.07. The van der Waals surface area contributed by atoms with Crippen molar-refractivity contribution >= 4 is 24.7 Å². The standard InChI is InChI=1S/C19H21BFN3O/c1-11-7-8-15(21)18-17(11)14(13(3)24-18)9-10-23-19(25)12(2)5-4-6-16(20)22/h4-8,24H,2,9-10,22H2,1,3H3,(H,23,25)/b5-4-,16-6-. The topological polar surface area (TPSA) is 70.9 Å². The van der Waals surface area contributed by atoms with E-state index in [1.165, 1.54) is 18.2 Å². The molecule has 1 heterocycles. The number of carbonyl (C=O) groups excluding carboxylic acids is 1. The summed E-state index contributed by atoms with van der Waals surface area (Å²) in [5.41, 5.74) is 9.18. The van der Waals surface area contributed by atoms with Gasteiger partial charge in [-0.1, -0.05) is 30.9 Å². The molecular weight excluding hydrogens is 316 g/mol. The number of nitrogens with two attached hydrogens (primary N) is 1. The molecule has 2 rings (SSSR count). The minimum atomic E-state index is -0.277. The number of hydrogen-bond donors (Lipinski definition) is 3. The number of aromatic amines is 1. The van der Waals surface area contributed by atoms with Gasteiger partial charge in [0, 0.05) is 23.2 Å². The second-order valence-corrected chi connectivity index (χ2v) is 5.90. The number of benzene rings is 1. The van der Waals surface area contributed by atoms with Crippen molar-refractivity contribution < 1.29 is 9.18 Å². The van der Waals surface area contributed by atoms with Gasteiger partial charge in [0.2, 0.25) is 0 Å². The first-order chi connectivity index (χ1) is 11.8. The second-order valence-electron chi connectivity index (χ2n) is 5.90. The van der Waals surface area contributed by atoms with Crippen LogP contribution in [0.3, 0.4) is 0 Å². The minimum absolute atomic E-state index is 0.155. The number of hydrogen-bond acceptors (Lipinski definition) is 2. The van der Waals surface area contributed by atoms with Crippen molar-refractivity contribution in [2.75, 3.05) is 6.54 Å². The first kappa shape index (κ1) is 18.6. The second kappa shape index (κ2) is 7.88.